The first kappa shape index (κ1) is 17.8. The molecule has 1 amide bonds. The molecular weight excluding hydrogens is 418 g/mol. The van der Waals surface area contributed by atoms with Crippen molar-refractivity contribution in [1.82, 2.24) is 10.4 Å². The number of aromatic nitrogens is 1. The number of allylic oxidation sites excluding steroid dienone is 1. The van der Waals surface area contributed by atoms with Gasteiger partial charge in [-0.05, 0) is 39.7 Å². The van der Waals surface area contributed by atoms with Crippen molar-refractivity contribution >= 4 is 67.4 Å². The summed E-state index contributed by atoms with van der Waals surface area (Å²) in [6.45, 7) is 0. The summed E-state index contributed by atoms with van der Waals surface area (Å²) >= 11 is 6.40. The Balaban J connectivity index is 1.48. The van der Waals surface area contributed by atoms with E-state index in [4.69, 9.17) is 0 Å². The van der Waals surface area contributed by atoms with E-state index >= 15 is 0 Å². The molecule has 0 spiro atoms. The van der Waals surface area contributed by atoms with Crippen molar-refractivity contribution in [2.45, 2.75) is 4.34 Å². The largest absolute Gasteiger partial charge is 0.272 e. The minimum atomic E-state index is -0.166. The van der Waals surface area contributed by atoms with Crippen LogP contribution in [0.25, 0.3) is 16.3 Å². The lowest BCUT2D eigenvalue weighted by Gasteiger charge is -1.97. The second-order valence-corrected chi connectivity index (χ2v) is 8.14. The van der Waals surface area contributed by atoms with Crippen molar-refractivity contribution in [1.29, 1.82) is 0 Å². The fraction of sp³-hybridized carbons (Fsp3) is 0.0556. The standard InChI is InChI=1S/C18H14BrN3OS2/c19-14(10-13-6-2-1-3-7-13)11-20-22-17(23)12-24-18-21-15-8-4-5-9-16(15)25-18/h1-11H,12H2,(H,22,23)/b14-10+,20-11?. The van der Waals surface area contributed by atoms with Gasteiger partial charge in [-0.1, -0.05) is 54.2 Å². The number of para-hydroxylation sites is 1. The molecule has 3 rings (SSSR count). The van der Waals surface area contributed by atoms with E-state index in [1.807, 2.05) is 60.7 Å². The van der Waals surface area contributed by atoms with Crippen molar-refractivity contribution in [3.8, 4) is 0 Å². The normalized spacial score (nSPS) is 12.0. The second kappa shape index (κ2) is 8.94. The number of nitrogens with zero attached hydrogens (tertiary/aromatic N) is 2. The summed E-state index contributed by atoms with van der Waals surface area (Å²) in [5.74, 6) is 0.109. The minimum absolute atomic E-state index is 0.166. The molecule has 0 aliphatic carbocycles. The molecule has 0 aliphatic rings. The first-order valence-corrected chi connectivity index (χ1v) is 10.0. The number of nitrogens with one attached hydrogen (secondary N) is 1. The molecule has 0 unspecified atom stereocenters. The molecule has 0 saturated carbocycles. The second-order valence-electron chi connectivity index (χ2n) is 4.97. The van der Waals surface area contributed by atoms with E-state index in [1.54, 1.807) is 17.6 Å². The summed E-state index contributed by atoms with van der Waals surface area (Å²) in [5.41, 5.74) is 4.53. The predicted octanol–water partition coefficient (Wildman–Crippen LogP) is 4.93. The number of fused-ring (bicyclic) bond motifs is 1. The number of hydrogen-bond acceptors (Lipinski definition) is 5. The molecule has 0 aliphatic heterocycles. The molecule has 4 nitrogen and oxygen atoms in total. The maximum Gasteiger partial charge on any atom is 0.250 e. The molecule has 0 bridgehead atoms. The van der Waals surface area contributed by atoms with Crippen LogP contribution in [-0.2, 0) is 4.79 Å². The Hall–Kier alpha value is -1.96. The van der Waals surface area contributed by atoms with Crippen LogP contribution in [0.5, 0.6) is 0 Å². The van der Waals surface area contributed by atoms with E-state index in [9.17, 15) is 4.79 Å². The molecule has 0 saturated heterocycles. The van der Waals surface area contributed by atoms with Gasteiger partial charge in [0.2, 0.25) is 0 Å². The van der Waals surface area contributed by atoms with E-state index in [-0.39, 0.29) is 11.7 Å². The van der Waals surface area contributed by atoms with Crippen molar-refractivity contribution in [3.63, 3.8) is 0 Å². The highest BCUT2D eigenvalue weighted by molar-refractivity contribution is 9.12. The van der Waals surface area contributed by atoms with Crippen LogP contribution in [0.15, 0.2) is 68.5 Å². The molecule has 1 heterocycles. The highest BCUT2D eigenvalue weighted by Gasteiger charge is 2.06. The topological polar surface area (TPSA) is 54.4 Å². The molecule has 0 atom stereocenters. The number of rotatable bonds is 6. The molecule has 1 N–H and O–H groups in total. The van der Waals surface area contributed by atoms with Gasteiger partial charge in [0.25, 0.3) is 5.91 Å². The Kier molecular flexibility index (Phi) is 6.38. The fourth-order valence-corrected chi connectivity index (χ4v) is 4.21. The van der Waals surface area contributed by atoms with Crippen molar-refractivity contribution in [2.75, 3.05) is 5.75 Å². The molecule has 0 fully saturated rings. The maximum absolute atomic E-state index is 11.9. The van der Waals surface area contributed by atoms with Gasteiger partial charge in [0, 0.05) is 4.48 Å². The van der Waals surface area contributed by atoms with Crippen molar-refractivity contribution in [3.05, 3.63) is 64.6 Å². The van der Waals surface area contributed by atoms with E-state index in [1.165, 1.54) is 11.8 Å². The third-order valence-electron chi connectivity index (χ3n) is 3.08. The Morgan fingerprint density at radius 1 is 1.20 bits per heavy atom. The number of benzene rings is 2. The van der Waals surface area contributed by atoms with Crippen molar-refractivity contribution < 1.29 is 4.79 Å². The van der Waals surface area contributed by atoms with Gasteiger partial charge in [-0.3, -0.25) is 4.79 Å². The number of thioether (sulfide) groups is 1. The van der Waals surface area contributed by atoms with Gasteiger partial charge in [0.15, 0.2) is 4.34 Å². The zero-order valence-electron chi connectivity index (χ0n) is 13.1. The summed E-state index contributed by atoms with van der Waals surface area (Å²) in [4.78, 5) is 16.4. The Bertz CT molecular complexity index is 889. The summed E-state index contributed by atoms with van der Waals surface area (Å²) in [7, 11) is 0. The van der Waals surface area contributed by atoms with Crippen LogP contribution in [0, 0.1) is 0 Å². The number of carbonyl (C=O) groups is 1. The highest BCUT2D eigenvalue weighted by atomic mass is 79.9. The van der Waals surface area contributed by atoms with Gasteiger partial charge in [-0.15, -0.1) is 11.3 Å². The van der Waals surface area contributed by atoms with Gasteiger partial charge in [-0.2, -0.15) is 5.10 Å². The minimum Gasteiger partial charge on any atom is -0.272 e. The molecular formula is C18H14BrN3OS2. The van der Waals surface area contributed by atoms with Crippen LogP contribution in [0.4, 0.5) is 0 Å². The van der Waals surface area contributed by atoms with Crippen LogP contribution in [0.2, 0.25) is 0 Å². The maximum atomic E-state index is 11.9. The third-order valence-corrected chi connectivity index (χ3v) is 5.70. The quantitative estimate of drug-likeness (QED) is 0.342. The van der Waals surface area contributed by atoms with Gasteiger partial charge >= 0.3 is 0 Å². The lowest BCUT2D eigenvalue weighted by molar-refractivity contribution is -0.118. The fourth-order valence-electron chi connectivity index (χ4n) is 1.98. The number of thiazole rings is 1. The van der Waals surface area contributed by atoms with Crippen LogP contribution >= 0.6 is 39.0 Å². The van der Waals surface area contributed by atoms with Gasteiger partial charge < -0.3 is 0 Å². The first-order valence-electron chi connectivity index (χ1n) is 7.43. The molecule has 25 heavy (non-hydrogen) atoms. The average molecular weight is 432 g/mol. The van der Waals surface area contributed by atoms with Crippen LogP contribution in [-0.4, -0.2) is 22.9 Å². The SMILES string of the molecule is O=C(CSc1nc2ccccc2s1)NN=C/C(Br)=C\c1ccccc1. The Labute approximate surface area is 162 Å². The zero-order valence-corrected chi connectivity index (χ0v) is 16.3. The van der Waals surface area contributed by atoms with Crippen LogP contribution in [0.1, 0.15) is 5.56 Å². The zero-order chi connectivity index (χ0) is 17.5. The molecule has 1 aromatic heterocycles. The summed E-state index contributed by atoms with van der Waals surface area (Å²) in [5, 5.41) is 3.95. The van der Waals surface area contributed by atoms with E-state index in [0.29, 0.717) is 0 Å². The lowest BCUT2D eigenvalue weighted by Crippen LogP contribution is -2.19. The number of carbonyl (C=O) groups excluding carboxylic acids is 1. The predicted molar refractivity (Wildman–Crippen MR) is 110 cm³/mol. The highest BCUT2D eigenvalue weighted by Crippen LogP contribution is 2.28. The number of hydrogen-bond donors (Lipinski definition) is 1. The molecule has 0 radical (unpaired) electrons. The summed E-state index contributed by atoms with van der Waals surface area (Å²) in [6, 6.07) is 17.8. The van der Waals surface area contributed by atoms with E-state index in [0.717, 1.165) is 24.6 Å². The van der Waals surface area contributed by atoms with E-state index < -0.39 is 0 Å². The first-order chi connectivity index (χ1) is 12.2. The van der Waals surface area contributed by atoms with Crippen LogP contribution < -0.4 is 5.43 Å². The number of hydrazone groups is 1. The molecule has 126 valence electrons. The Morgan fingerprint density at radius 2 is 1.96 bits per heavy atom. The van der Waals surface area contributed by atoms with Gasteiger partial charge in [0.1, 0.15) is 0 Å². The average Bonchev–Trinajstić information content (AvgIpc) is 3.04. The van der Waals surface area contributed by atoms with Gasteiger partial charge in [-0.25, -0.2) is 10.4 Å². The Morgan fingerprint density at radius 3 is 2.76 bits per heavy atom. The van der Waals surface area contributed by atoms with Gasteiger partial charge in [0.05, 0.1) is 22.2 Å². The molecule has 2 aromatic carbocycles. The third kappa shape index (κ3) is 5.52. The molecule has 3 aromatic rings. The monoisotopic (exact) mass is 431 g/mol. The van der Waals surface area contributed by atoms with Crippen LogP contribution in [0.3, 0.4) is 0 Å². The lowest BCUT2D eigenvalue weighted by atomic mass is 10.2. The summed E-state index contributed by atoms with van der Waals surface area (Å²) < 4.78 is 2.78. The summed E-state index contributed by atoms with van der Waals surface area (Å²) in [6.07, 6.45) is 3.48. The van der Waals surface area contributed by atoms with E-state index in [2.05, 4.69) is 31.4 Å². The molecule has 7 heteroatoms. The number of amides is 1. The number of halogens is 1. The smallest absolute Gasteiger partial charge is 0.250 e. The van der Waals surface area contributed by atoms with Crippen molar-refractivity contribution in [2.24, 2.45) is 5.10 Å².